The quantitative estimate of drug-likeness (QED) is 0.464. The molecule has 0 aliphatic heterocycles. The smallest absolute Gasteiger partial charge is 0.406 e. The van der Waals surface area contributed by atoms with E-state index in [-0.39, 0.29) is 28.7 Å². The van der Waals surface area contributed by atoms with Gasteiger partial charge in [0.1, 0.15) is 11.6 Å². The van der Waals surface area contributed by atoms with Gasteiger partial charge in [0.2, 0.25) is 5.95 Å². The molecule has 2 aromatic carbocycles. The number of aryl methyl sites for hydroxylation is 1. The topological polar surface area (TPSA) is 59.1 Å². The number of anilines is 3. The van der Waals surface area contributed by atoms with Crippen LogP contribution in [0, 0.1) is 6.92 Å². The van der Waals surface area contributed by atoms with Crippen molar-refractivity contribution >= 4 is 17.5 Å². The lowest BCUT2D eigenvalue weighted by Gasteiger charge is -2.14. The van der Waals surface area contributed by atoms with Crippen LogP contribution < -0.4 is 15.4 Å². The molecule has 164 valence electrons. The fourth-order valence-corrected chi connectivity index (χ4v) is 2.78. The molecule has 5 nitrogen and oxygen atoms in total. The highest BCUT2D eigenvalue weighted by atomic mass is 19.4. The summed E-state index contributed by atoms with van der Waals surface area (Å²) in [5.41, 5.74) is -0.0589. The molecule has 0 aliphatic rings. The highest BCUT2D eigenvalue weighted by molar-refractivity contribution is 5.68. The third-order valence-electron chi connectivity index (χ3n) is 4.13. The predicted octanol–water partition coefficient (Wildman–Crippen LogP) is 6.15. The van der Waals surface area contributed by atoms with Crippen molar-refractivity contribution in [3.05, 3.63) is 59.7 Å². The Labute approximate surface area is 173 Å². The van der Waals surface area contributed by atoms with Gasteiger partial charge in [-0.2, -0.15) is 18.2 Å². The van der Waals surface area contributed by atoms with E-state index in [2.05, 4.69) is 25.3 Å². The first-order valence-electron chi connectivity index (χ1n) is 8.82. The number of benzene rings is 2. The summed E-state index contributed by atoms with van der Waals surface area (Å²) in [4.78, 5) is 8.34. The average Bonchev–Trinajstić information content (AvgIpc) is 2.67. The van der Waals surface area contributed by atoms with Crippen molar-refractivity contribution in [3.63, 3.8) is 0 Å². The molecule has 1 aromatic heterocycles. The number of nitrogens with one attached hydrogen (secondary N) is 2. The number of hydrogen-bond acceptors (Lipinski definition) is 5. The van der Waals surface area contributed by atoms with Gasteiger partial charge in [0.15, 0.2) is 0 Å². The van der Waals surface area contributed by atoms with Crippen LogP contribution in [0.25, 0.3) is 11.3 Å². The molecule has 0 saturated carbocycles. The second kappa shape index (κ2) is 8.32. The standard InChI is InChI=1S/C20H16F6N4O/c1-11-6-7-13(9-15(11)19(21,22)23)28-17-10-16(29-18(27-2)30-17)12-4-3-5-14(8-12)31-20(24,25)26/h3-10H,1-2H3,(H2,27,28,29,30). The summed E-state index contributed by atoms with van der Waals surface area (Å²) in [6.45, 7) is 1.35. The van der Waals surface area contributed by atoms with E-state index in [1.54, 1.807) is 0 Å². The first kappa shape index (κ1) is 22.2. The molecule has 0 amide bonds. The molecule has 3 aromatic rings. The van der Waals surface area contributed by atoms with E-state index < -0.39 is 23.9 Å². The molecule has 3 rings (SSSR count). The molecule has 0 saturated heterocycles. The van der Waals surface area contributed by atoms with Crippen molar-refractivity contribution in [1.29, 1.82) is 0 Å². The monoisotopic (exact) mass is 442 g/mol. The summed E-state index contributed by atoms with van der Waals surface area (Å²) in [6, 6.07) is 10.3. The minimum absolute atomic E-state index is 0.0684. The number of hydrogen-bond donors (Lipinski definition) is 2. The Bertz CT molecular complexity index is 1080. The second-order valence-corrected chi connectivity index (χ2v) is 6.44. The van der Waals surface area contributed by atoms with Crippen LogP contribution in [0.15, 0.2) is 48.5 Å². The van der Waals surface area contributed by atoms with Crippen LogP contribution in [0.2, 0.25) is 0 Å². The molecule has 0 unspecified atom stereocenters. The van der Waals surface area contributed by atoms with Crippen LogP contribution in [-0.4, -0.2) is 23.4 Å². The Morgan fingerprint density at radius 1 is 0.903 bits per heavy atom. The van der Waals surface area contributed by atoms with E-state index in [0.29, 0.717) is 5.56 Å². The molecule has 2 N–H and O–H groups in total. The van der Waals surface area contributed by atoms with Gasteiger partial charge in [0.05, 0.1) is 11.3 Å². The summed E-state index contributed by atoms with van der Waals surface area (Å²) in [7, 11) is 1.53. The summed E-state index contributed by atoms with van der Waals surface area (Å²) in [5.74, 6) is -0.170. The summed E-state index contributed by atoms with van der Waals surface area (Å²) >= 11 is 0. The van der Waals surface area contributed by atoms with Gasteiger partial charge in [-0.1, -0.05) is 18.2 Å². The fourth-order valence-electron chi connectivity index (χ4n) is 2.78. The lowest BCUT2D eigenvalue weighted by molar-refractivity contribution is -0.274. The Hall–Kier alpha value is -3.50. The molecule has 31 heavy (non-hydrogen) atoms. The van der Waals surface area contributed by atoms with Gasteiger partial charge >= 0.3 is 12.5 Å². The molecular weight excluding hydrogens is 426 g/mol. The normalized spacial score (nSPS) is 11.9. The SMILES string of the molecule is CNc1nc(Nc2ccc(C)c(C(F)(F)F)c2)cc(-c2cccc(OC(F)(F)F)c2)n1. The van der Waals surface area contributed by atoms with E-state index >= 15 is 0 Å². The maximum atomic E-state index is 13.2. The van der Waals surface area contributed by atoms with Gasteiger partial charge in [0, 0.05) is 24.4 Å². The zero-order chi connectivity index (χ0) is 22.8. The van der Waals surface area contributed by atoms with Crippen molar-refractivity contribution in [3.8, 4) is 17.0 Å². The predicted molar refractivity (Wildman–Crippen MR) is 103 cm³/mol. The van der Waals surface area contributed by atoms with Gasteiger partial charge in [-0.05, 0) is 36.8 Å². The largest absolute Gasteiger partial charge is 0.573 e. The Morgan fingerprint density at radius 3 is 2.29 bits per heavy atom. The second-order valence-electron chi connectivity index (χ2n) is 6.44. The number of aromatic nitrogens is 2. The fraction of sp³-hybridized carbons (Fsp3) is 0.200. The zero-order valence-electron chi connectivity index (χ0n) is 16.2. The molecule has 0 radical (unpaired) electrons. The molecule has 1 heterocycles. The van der Waals surface area contributed by atoms with Crippen molar-refractivity contribution in [1.82, 2.24) is 9.97 Å². The Morgan fingerprint density at radius 2 is 1.65 bits per heavy atom. The maximum Gasteiger partial charge on any atom is 0.573 e. The first-order valence-corrected chi connectivity index (χ1v) is 8.82. The van der Waals surface area contributed by atoms with E-state index in [1.165, 1.54) is 44.3 Å². The van der Waals surface area contributed by atoms with Crippen LogP contribution in [0.4, 0.5) is 43.8 Å². The third-order valence-corrected chi connectivity index (χ3v) is 4.13. The van der Waals surface area contributed by atoms with Crippen LogP contribution in [0.1, 0.15) is 11.1 Å². The molecular formula is C20H16F6N4O. The van der Waals surface area contributed by atoms with Crippen molar-refractivity contribution < 1.29 is 31.1 Å². The summed E-state index contributed by atoms with van der Waals surface area (Å²) in [6.07, 6.45) is -9.37. The summed E-state index contributed by atoms with van der Waals surface area (Å²) < 4.78 is 80.9. The zero-order valence-corrected chi connectivity index (χ0v) is 16.2. The van der Waals surface area contributed by atoms with Gasteiger partial charge in [-0.3, -0.25) is 0 Å². The molecule has 0 atom stereocenters. The molecule has 0 spiro atoms. The van der Waals surface area contributed by atoms with Crippen molar-refractivity contribution in [2.75, 3.05) is 17.7 Å². The molecule has 0 fully saturated rings. The third kappa shape index (κ3) is 5.77. The first-order chi connectivity index (χ1) is 14.4. The van der Waals surface area contributed by atoms with Crippen molar-refractivity contribution in [2.45, 2.75) is 19.5 Å². The highest BCUT2D eigenvalue weighted by Gasteiger charge is 2.33. The Kier molecular flexibility index (Phi) is 5.96. The van der Waals surface area contributed by atoms with Crippen LogP contribution >= 0.6 is 0 Å². The van der Waals surface area contributed by atoms with Crippen LogP contribution in [0.5, 0.6) is 5.75 Å². The van der Waals surface area contributed by atoms with E-state index in [9.17, 15) is 26.3 Å². The van der Waals surface area contributed by atoms with Crippen LogP contribution in [-0.2, 0) is 6.18 Å². The number of ether oxygens (including phenoxy) is 1. The number of rotatable bonds is 5. The highest BCUT2D eigenvalue weighted by Crippen LogP contribution is 2.34. The van der Waals surface area contributed by atoms with E-state index in [0.717, 1.165) is 18.2 Å². The minimum atomic E-state index is -4.85. The lowest BCUT2D eigenvalue weighted by atomic mass is 10.1. The van der Waals surface area contributed by atoms with Crippen molar-refractivity contribution in [2.24, 2.45) is 0 Å². The average molecular weight is 442 g/mol. The number of halogens is 6. The van der Waals surface area contributed by atoms with Gasteiger partial charge < -0.3 is 15.4 Å². The Balaban J connectivity index is 1.96. The minimum Gasteiger partial charge on any atom is -0.406 e. The molecule has 0 bridgehead atoms. The van der Waals surface area contributed by atoms with Gasteiger partial charge in [0.25, 0.3) is 0 Å². The van der Waals surface area contributed by atoms with Gasteiger partial charge in [-0.25, -0.2) is 4.98 Å². The van der Waals surface area contributed by atoms with Gasteiger partial charge in [-0.15, -0.1) is 13.2 Å². The van der Waals surface area contributed by atoms with E-state index in [1.807, 2.05) is 0 Å². The van der Waals surface area contributed by atoms with E-state index in [4.69, 9.17) is 0 Å². The number of nitrogens with zero attached hydrogens (tertiary/aromatic N) is 2. The molecule has 11 heteroatoms. The summed E-state index contributed by atoms with van der Waals surface area (Å²) in [5, 5.41) is 5.49. The number of alkyl halides is 6. The van der Waals surface area contributed by atoms with Crippen LogP contribution in [0.3, 0.4) is 0 Å². The maximum absolute atomic E-state index is 13.2. The lowest BCUT2D eigenvalue weighted by Crippen LogP contribution is -2.17. The molecule has 0 aliphatic carbocycles.